The van der Waals surface area contributed by atoms with Crippen LogP contribution < -0.4 is 0 Å². The van der Waals surface area contributed by atoms with Gasteiger partial charge in [0, 0.05) is 13.1 Å². The van der Waals surface area contributed by atoms with Crippen molar-refractivity contribution in [3.05, 3.63) is 29.3 Å². The van der Waals surface area contributed by atoms with Crippen molar-refractivity contribution in [2.75, 3.05) is 13.1 Å². The Balaban J connectivity index is 3.30. The normalized spacial score (nSPS) is 11.8. The molecule has 5 nitrogen and oxygen atoms in total. The van der Waals surface area contributed by atoms with Crippen LogP contribution in [0.1, 0.15) is 49.5 Å². The number of benzene rings is 1. The number of hydrogen-bond acceptors (Lipinski definition) is 3. The molecule has 0 fully saturated rings. The Hall–Kier alpha value is -1.40. The zero-order valence-corrected chi connectivity index (χ0v) is 13.6. The monoisotopic (exact) mass is 313 g/mol. The molecule has 0 atom stereocenters. The lowest BCUT2D eigenvalue weighted by molar-refractivity contribution is 0.0695. The van der Waals surface area contributed by atoms with Crippen LogP contribution in [0.4, 0.5) is 0 Å². The third-order valence-corrected chi connectivity index (χ3v) is 5.17. The Morgan fingerprint density at radius 2 is 1.71 bits per heavy atom. The van der Waals surface area contributed by atoms with E-state index in [2.05, 4.69) is 0 Å². The number of carboxylic acids is 1. The summed E-state index contributed by atoms with van der Waals surface area (Å²) in [6.07, 6.45) is 1.99. The highest BCUT2D eigenvalue weighted by atomic mass is 32.2. The molecular weight excluding hydrogens is 290 g/mol. The van der Waals surface area contributed by atoms with Crippen molar-refractivity contribution in [2.24, 2.45) is 0 Å². The minimum Gasteiger partial charge on any atom is -0.478 e. The SMILES string of the molecule is CCCN(CCC)S(=O)(=O)c1ccc(CC)c(C(=O)O)c1. The molecule has 0 aliphatic heterocycles. The molecule has 21 heavy (non-hydrogen) atoms. The van der Waals surface area contributed by atoms with Crippen molar-refractivity contribution in [1.29, 1.82) is 0 Å². The zero-order valence-electron chi connectivity index (χ0n) is 12.8. The number of rotatable bonds is 8. The molecule has 0 saturated carbocycles. The largest absolute Gasteiger partial charge is 0.478 e. The van der Waals surface area contributed by atoms with Gasteiger partial charge in [-0.1, -0.05) is 26.8 Å². The fraction of sp³-hybridized carbons (Fsp3) is 0.533. The summed E-state index contributed by atoms with van der Waals surface area (Å²) in [4.78, 5) is 11.3. The molecule has 0 amide bonds. The third-order valence-electron chi connectivity index (χ3n) is 3.28. The lowest BCUT2D eigenvalue weighted by Gasteiger charge is -2.21. The maximum Gasteiger partial charge on any atom is 0.336 e. The van der Waals surface area contributed by atoms with E-state index in [9.17, 15) is 18.3 Å². The smallest absolute Gasteiger partial charge is 0.336 e. The number of carbonyl (C=O) groups is 1. The second-order valence-corrected chi connectivity index (χ2v) is 6.82. The van der Waals surface area contributed by atoms with E-state index in [1.54, 1.807) is 6.07 Å². The number of sulfonamides is 1. The Morgan fingerprint density at radius 3 is 2.14 bits per heavy atom. The van der Waals surface area contributed by atoms with Crippen LogP contribution >= 0.6 is 0 Å². The molecule has 0 unspecified atom stereocenters. The van der Waals surface area contributed by atoms with Gasteiger partial charge in [0.15, 0.2) is 0 Å². The fourth-order valence-electron chi connectivity index (χ4n) is 2.22. The van der Waals surface area contributed by atoms with Crippen LogP contribution in [0, 0.1) is 0 Å². The number of nitrogens with zero attached hydrogens (tertiary/aromatic N) is 1. The molecule has 0 radical (unpaired) electrons. The number of aromatic carboxylic acids is 1. The van der Waals surface area contributed by atoms with Gasteiger partial charge in [0.1, 0.15) is 0 Å². The fourth-order valence-corrected chi connectivity index (χ4v) is 3.87. The Kier molecular flexibility index (Phi) is 6.36. The lowest BCUT2D eigenvalue weighted by atomic mass is 10.1. The lowest BCUT2D eigenvalue weighted by Crippen LogP contribution is -2.32. The molecule has 0 aromatic heterocycles. The van der Waals surface area contributed by atoms with Gasteiger partial charge in [-0.15, -0.1) is 0 Å². The Labute approximate surface area is 126 Å². The van der Waals surface area contributed by atoms with E-state index in [0.29, 0.717) is 25.1 Å². The first-order chi connectivity index (χ1) is 9.88. The van der Waals surface area contributed by atoms with Crippen LogP contribution in [0.25, 0.3) is 0 Å². The van der Waals surface area contributed by atoms with Gasteiger partial charge in [-0.05, 0) is 37.0 Å². The summed E-state index contributed by atoms with van der Waals surface area (Å²) in [6, 6.07) is 4.36. The minimum absolute atomic E-state index is 0.0546. The molecule has 0 spiro atoms. The van der Waals surface area contributed by atoms with Crippen LogP contribution in [-0.2, 0) is 16.4 Å². The quantitative estimate of drug-likeness (QED) is 0.801. The van der Waals surface area contributed by atoms with E-state index < -0.39 is 16.0 Å². The van der Waals surface area contributed by atoms with Crippen LogP contribution in [0.2, 0.25) is 0 Å². The summed E-state index contributed by atoms with van der Waals surface area (Å²) < 4.78 is 26.7. The first-order valence-corrected chi connectivity index (χ1v) is 8.68. The molecule has 0 aliphatic rings. The molecule has 1 aromatic carbocycles. The molecule has 0 bridgehead atoms. The van der Waals surface area contributed by atoms with Crippen molar-refractivity contribution in [2.45, 2.75) is 44.9 Å². The molecule has 0 aliphatic carbocycles. The van der Waals surface area contributed by atoms with Crippen LogP contribution in [0.15, 0.2) is 23.1 Å². The van der Waals surface area contributed by atoms with Crippen LogP contribution in [0.3, 0.4) is 0 Å². The second kappa shape index (κ2) is 7.56. The van der Waals surface area contributed by atoms with E-state index >= 15 is 0 Å². The summed E-state index contributed by atoms with van der Waals surface area (Å²) in [5, 5.41) is 9.22. The predicted molar refractivity (Wildman–Crippen MR) is 82.1 cm³/mol. The van der Waals surface area contributed by atoms with Crippen molar-refractivity contribution in [3.63, 3.8) is 0 Å². The number of aryl methyl sites for hydroxylation is 1. The minimum atomic E-state index is -3.64. The van der Waals surface area contributed by atoms with Gasteiger partial charge in [-0.3, -0.25) is 0 Å². The van der Waals surface area contributed by atoms with Gasteiger partial charge in [-0.2, -0.15) is 4.31 Å². The topological polar surface area (TPSA) is 74.7 Å². The highest BCUT2D eigenvalue weighted by Crippen LogP contribution is 2.21. The van der Waals surface area contributed by atoms with Crippen molar-refractivity contribution in [3.8, 4) is 0 Å². The van der Waals surface area contributed by atoms with Gasteiger partial charge in [0.2, 0.25) is 10.0 Å². The standard InChI is InChI=1S/C15H23NO4S/c1-4-9-16(10-5-2)21(19,20)13-8-7-12(6-3)14(11-13)15(17)18/h7-8,11H,4-6,9-10H2,1-3H3,(H,17,18). The summed E-state index contributed by atoms with van der Waals surface area (Å²) in [6.45, 7) is 6.56. The van der Waals surface area contributed by atoms with Crippen LogP contribution in [0.5, 0.6) is 0 Å². The zero-order chi connectivity index (χ0) is 16.0. The maximum atomic E-state index is 12.6. The molecule has 1 N–H and O–H groups in total. The van der Waals surface area contributed by atoms with E-state index in [0.717, 1.165) is 12.8 Å². The maximum absolute atomic E-state index is 12.6. The number of carboxylic acid groups (broad SMARTS) is 1. The van der Waals surface area contributed by atoms with E-state index in [-0.39, 0.29) is 10.5 Å². The molecular formula is C15H23NO4S. The van der Waals surface area contributed by atoms with E-state index in [4.69, 9.17) is 0 Å². The Bertz CT molecular complexity index is 590. The van der Waals surface area contributed by atoms with Gasteiger partial charge in [0.05, 0.1) is 10.5 Å². The second-order valence-electron chi connectivity index (χ2n) is 4.88. The van der Waals surface area contributed by atoms with Crippen molar-refractivity contribution in [1.82, 2.24) is 4.31 Å². The third kappa shape index (κ3) is 4.04. The number of hydrogen-bond donors (Lipinski definition) is 1. The summed E-state index contributed by atoms with van der Waals surface area (Å²) in [5.41, 5.74) is 0.700. The molecule has 1 rings (SSSR count). The highest BCUT2D eigenvalue weighted by Gasteiger charge is 2.24. The average molecular weight is 313 g/mol. The van der Waals surface area contributed by atoms with E-state index in [1.165, 1.54) is 16.4 Å². The molecule has 6 heteroatoms. The summed E-state index contributed by atoms with van der Waals surface area (Å²) in [7, 11) is -3.64. The van der Waals surface area contributed by atoms with Gasteiger partial charge in [0.25, 0.3) is 0 Å². The van der Waals surface area contributed by atoms with E-state index in [1.807, 2.05) is 20.8 Å². The predicted octanol–water partition coefficient (Wildman–Crippen LogP) is 2.76. The highest BCUT2D eigenvalue weighted by molar-refractivity contribution is 7.89. The molecule has 0 saturated heterocycles. The molecule has 0 heterocycles. The van der Waals surface area contributed by atoms with Crippen molar-refractivity contribution >= 4 is 16.0 Å². The van der Waals surface area contributed by atoms with Gasteiger partial charge < -0.3 is 5.11 Å². The first kappa shape index (κ1) is 17.7. The summed E-state index contributed by atoms with van der Waals surface area (Å²) in [5.74, 6) is -1.10. The van der Waals surface area contributed by atoms with Crippen LogP contribution in [-0.4, -0.2) is 36.9 Å². The molecule has 118 valence electrons. The van der Waals surface area contributed by atoms with Gasteiger partial charge in [-0.25, -0.2) is 13.2 Å². The average Bonchev–Trinajstić information content (AvgIpc) is 2.46. The Morgan fingerprint density at radius 1 is 1.14 bits per heavy atom. The molecule has 1 aromatic rings. The summed E-state index contributed by atoms with van der Waals surface area (Å²) >= 11 is 0. The van der Waals surface area contributed by atoms with Gasteiger partial charge >= 0.3 is 5.97 Å². The first-order valence-electron chi connectivity index (χ1n) is 7.24. The van der Waals surface area contributed by atoms with Crippen molar-refractivity contribution < 1.29 is 18.3 Å².